The third-order valence-corrected chi connectivity index (χ3v) is 2.85. The van der Waals surface area contributed by atoms with Crippen LogP contribution in [0.2, 0.25) is 0 Å². The highest BCUT2D eigenvalue weighted by atomic mass is 32.2. The van der Waals surface area contributed by atoms with E-state index in [1.165, 1.54) is 6.07 Å². The van der Waals surface area contributed by atoms with Crippen LogP contribution < -0.4 is 0 Å². The van der Waals surface area contributed by atoms with E-state index in [2.05, 4.69) is 0 Å². The lowest BCUT2D eigenvalue weighted by atomic mass is 10.1. The molecule has 2 rings (SSSR count). The predicted molar refractivity (Wildman–Crippen MR) is 62.1 cm³/mol. The molecule has 5 heteroatoms. The van der Waals surface area contributed by atoms with Crippen molar-refractivity contribution in [3.63, 3.8) is 0 Å². The Morgan fingerprint density at radius 3 is 2.56 bits per heavy atom. The Balaban J connectivity index is 2.82. The fourth-order valence-electron chi connectivity index (χ4n) is 1.57. The van der Waals surface area contributed by atoms with Gasteiger partial charge in [0.1, 0.15) is 5.40 Å². The Morgan fingerprint density at radius 1 is 1.25 bits per heavy atom. The Labute approximate surface area is 95.6 Å². The van der Waals surface area contributed by atoms with Crippen molar-refractivity contribution >= 4 is 28.2 Å². The first-order chi connectivity index (χ1) is 7.74. The molecule has 0 aliphatic carbocycles. The number of rotatable bonds is 2. The normalized spacial score (nSPS) is 9.94. The molecule has 0 saturated carbocycles. The summed E-state index contributed by atoms with van der Waals surface area (Å²) in [5.74, 6) is 0. The molecule has 0 bridgehead atoms. The average Bonchev–Trinajstić information content (AvgIpc) is 2.29. The van der Waals surface area contributed by atoms with Gasteiger partial charge in [-0.05, 0) is 23.2 Å². The molecule has 16 heavy (non-hydrogen) atoms. The molecule has 2 aromatic rings. The zero-order chi connectivity index (χ0) is 11.5. The summed E-state index contributed by atoms with van der Waals surface area (Å²) in [6, 6.07) is 10.2. The first-order valence-corrected chi connectivity index (χ1v) is 5.28. The maximum Gasteiger partial charge on any atom is 0.278 e. The second-order valence-corrected chi connectivity index (χ2v) is 3.91. The summed E-state index contributed by atoms with van der Waals surface area (Å²) in [5.41, 5.74) is 0.0378. The summed E-state index contributed by atoms with van der Waals surface area (Å²) in [6.45, 7) is 0. The van der Waals surface area contributed by atoms with Crippen LogP contribution in [-0.4, -0.2) is 4.92 Å². The molecule has 0 atom stereocenters. The van der Waals surface area contributed by atoms with E-state index in [-0.39, 0.29) is 5.69 Å². The van der Waals surface area contributed by atoms with Crippen molar-refractivity contribution < 1.29 is 4.92 Å². The summed E-state index contributed by atoms with van der Waals surface area (Å²) < 4.78 is 0. The Morgan fingerprint density at radius 2 is 1.94 bits per heavy atom. The van der Waals surface area contributed by atoms with Gasteiger partial charge >= 0.3 is 0 Å². The molecule has 0 aromatic heterocycles. The highest BCUT2D eigenvalue weighted by Gasteiger charge is 2.14. The van der Waals surface area contributed by atoms with Crippen molar-refractivity contribution in [1.82, 2.24) is 0 Å². The van der Waals surface area contributed by atoms with Crippen LogP contribution in [0.4, 0.5) is 5.69 Å². The molecule has 0 fully saturated rings. The van der Waals surface area contributed by atoms with Gasteiger partial charge in [-0.15, -0.1) is 0 Å². The maximum atomic E-state index is 10.9. The third-order valence-electron chi connectivity index (χ3n) is 2.20. The van der Waals surface area contributed by atoms with E-state index < -0.39 is 4.92 Å². The predicted octanol–water partition coefficient (Wildman–Crippen LogP) is 3.32. The molecule has 0 amide bonds. The second-order valence-electron chi connectivity index (χ2n) is 3.08. The van der Waals surface area contributed by atoms with Crippen LogP contribution >= 0.6 is 11.8 Å². The number of thioether (sulfide) groups is 1. The van der Waals surface area contributed by atoms with E-state index in [1.54, 1.807) is 30.3 Å². The highest BCUT2D eigenvalue weighted by molar-refractivity contribution is 8.04. The zero-order valence-corrected chi connectivity index (χ0v) is 8.90. The fourth-order valence-corrected chi connectivity index (χ4v) is 2.14. The monoisotopic (exact) mass is 230 g/mol. The average molecular weight is 230 g/mol. The number of nitro benzene ring substituents is 1. The van der Waals surface area contributed by atoms with Crippen LogP contribution in [0.5, 0.6) is 0 Å². The van der Waals surface area contributed by atoms with Gasteiger partial charge in [0.05, 0.1) is 10.3 Å². The molecule has 0 radical (unpaired) electrons. The van der Waals surface area contributed by atoms with E-state index in [9.17, 15) is 10.1 Å². The van der Waals surface area contributed by atoms with Gasteiger partial charge in [-0.3, -0.25) is 10.1 Å². The molecule has 2 aromatic carbocycles. The molecule has 78 valence electrons. The first kappa shape index (κ1) is 10.5. The van der Waals surface area contributed by atoms with Crippen LogP contribution in [0.15, 0.2) is 41.3 Å². The SMILES string of the molecule is N#CSc1cccc2cccc([N+](=O)[O-])c12. The highest BCUT2D eigenvalue weighted by Crippen LogP contribution is 2.33. The van der Waals surface area contributed by atoms with E-state index in [1.807, 2.05) is 5.40 Å². The lowest BCUT2D eigenvalue weighted by molar-refractivity contribution is -0.383. The van der Waals surface area contributed by atoms with Crippen molar-refractivity contribution in [2.24, 2.45) is 0 Å². The second kappa shape index (κ2) is 4.21. The number of benzene rings is 2. The Bertz CT molecular complexity index is 599. The van der Waals surface area contributed by atoms with Crippen molar-refractivity contribution in [3.05, 3.63) is 46.5 Å². The number of fused-ring (bicyclic) bond motifs is 1. The van der Waals surface area contributed by atoms with Gasteiger partial charge in [0.25, 0.3) is 5.69 Å². The molecule has 0 heterocycles. The summed E-state index contributed by atoms with van der Waals surface area (Å²) in [5, 5.41) is 22.8. The largest absolute Gasteiger partial charge is 0.278 e. The maximum absolute atomic E-state index is 10.9. The van der Waals surface area contributed by atoms with Gasteiger partial charge in [-0.2, -0.15) is 5.26 Å². The molecule has 0 aliphatic rings. The van der Waals surface area contributed by atoms with Gasteiger partial charge in [-0.25, -0.2) is 0 Å². The van der Waals surface area contributed by atoms with E-state index in [0.717, 1.165) is 17.1 Å². The van der Waals surface area contributed by atoms with Gasteiger partial charge in [0.2, 0.25) is 0 Å². The van der Waals surface area contributed by atoms with Crippen LogP contribution in [-0.2, 0) is 0 Å². The molecule has 0 spiro atoms. The molecule has 4 nitrogen and oxygen atoms in total. The quantitative estimate of drug-likeness (QED) is 0.343. The Hall–Kier alpha value is -2.06. The van der Waals surface area contributed by atoms with Crippen molar-refractivity contribution in [1.29, 1.82) is 5.26 Å². The van der Waals surface area contributed by atoms with Gasteiger partial charge in [0.15, 0.2) is 0 Å². The molecule has 0 unspecified atom stereocenters. The number of nitriles is 1. The minimum absolute atomic E-state index is 0.0378. The zero-order valence-electron chi connectivity index (χ0n) is 8.08. The van der Waals surface area contributed by atoms with Crippen LogP contribution in [0.1, 0.15) is 0 Å². The van der Waals surface area contributed by atoms with Crippen LogP contribution in [0, 0.1) is 20.8 Å². The first-order valence-electron chi connectivity index (χ1n) is 4.46. The standard InChI is InChI=1S/C11H6N2O2S/c12-7-16-10-6-2-4-8-3-1-5-9(11(8)10)13(14)15/h1-6H. The van der Waals surface area contributed by atoms with Crippen molar-refractivity contribution in [3.8, 4) is 5.40 Å². The number of nitrogens with zero attached hydrogens (tertiary/aromatic N) is 2. The molecular formula is C11H6N2O2S. The summed E-state index contributed by atoms with van der Waals surface area (Å²) in [6.07, 6.45) is 0. The van der Waals surface area contributed by atoms with E-state index >= 15 is 0 Å². The Kier molecular flexibility index (Phi) is 2.75. The van der Waals surface area contributed by atoms with Gasteiger partial charge in [0, 0.05) is 11.0 Å². The number of nitro groups is 1. The number of hydrogen-bond acceptors (Lipinski definition) is 4. The molecule has 0 aliphatic heterocycles. The van der Waals surface area contributed by atoms with Crippen LogP contribution in [0.3, 0.4) is 0 Å². The van der Waals surface area contributed by atoms with Gasteiger partial charge in [-0.1, -0.05) is 24.3 Å². The summed E-state index contributed by atoms with van der Waals surface area (Å²) in [7, 11) is 0. The lowest BCUT2D eigenvalue weighted by Crippen LogP contribution is -1.90. The molecule has 0 saturated heterocycles. The minimum Gasteiger partial charge on any atom is -0.258 e. The van der Waals surface area contributed by atoms with Crippen molar-refractivity contribution in [2.75, 3.05) is 0 Å². The third kappa shape index (κ3) is 1.71. The minimum atomic E-state index is -0.427. The summed E-state index contributed by atoms with van der Waals surface area (Å²) in [4.78, 5) is 11.1. The summed E-state index contributed by atoms with van der Waals surface area (Å²) >= 11 is 0.937. The van der Waals surface area contributed by atoms with E-state index in [4.69, 9.17) is 5.26 Å². The number of hydrogen-bond donors (Lipinski definition) is 0. The smallest absolute Gasteiger partial charge is 0.258 e. The topological polar surface area (TPSA) is 66.9 Å². The van der Waals surface area contributed by atoms with Gasteiger partial charge < -0.3 is 0 Å². The number of thiocyanates is 1. The molecular weight excluding hydrogens is 224 g/mol. The van der Waals surface area contributed by atoms with E-state index in [0.29, 0.717) is 10.3 Å². The number of non-ortho nitro benzene ring substituents is 1. The van der Waals surface area contributed by atoms with Crippen molar-refractivity contribution in [2.45, 2.75) is 4.90 Å². The molecule has 0 N–H and O–H groups in total. The van der Waals surface area contributed by atoms with Crippen LogP contribution in [0.25, 0.3) is 10.8 Å². The lowest BCUT2D eigenvalue weighted by Gasteiger charge is -2.02. The fraction of sp³-hybridized carbons (Fsp3) is 0.